The number of carboxylic acid groups (broad SMARTS) is 1. The van der Waals surface area contributed by atoms with Crippen molar-refractivity contribution in [2.24, 2.45) is 5.92 Å². The Hall–Kier alpha value is -1.59. The molecule has 0 aliphatic carbocycles. The Kier molecular flexibility index (Phi) is 7.04. The standard InChI is InChI=1S/C14H24N2O4/c1-11(6-7-14(19)20)9-15-12(17)10-16-8-4-2-3-5-13(16)18/h11H,2-10H2,1H3,(H,15,17)(H,19,20). The zero-order valence-corrected chi connectivity index (χ0v) is 12.1. The average molecular weight is 284 g/mol. The summed E-state index contributed by atoms with van der Waals surface area (Å²) in [5.74, 6) is -0.813. The highest BCUT2D eigenvalue weighted by molar-refractivity contribution is 5.84. The normalized spacial score (nSPS) is 17.4. The molecule has 0 radical (unpaired) electrons. The summed E-state index contributed by atoms with van der Waals surface area (Å²) in [6.07, 6.45) is 4.08. The number of carbonyl (C=O) groups is 3. The van der Waals surface area contributed by atoms with Gasteiger partial charge in [0.1, 0.15) is 0 Å². The van der Waals surface area contributed by atoms with Gasteiger partial charge in [0.2, 0.25) is 11.8 Å². The largest absolute Gasteiger partial charge is 0.481 e. The summed E-state index contributed by atoms with van der Waals surface area (Å²) in [5, 5.41) is 11.3. The van der Waals surface area contributed by atoms with E-state index in [0.717, 1.165) is 19.3 Å². The van der Waals surface area contributed by atoms with Crippen LogP contribution in [0.2, 0.25) is 0 Å². The first-order valence-corrected chi connectivity index (χ1v) is 7.25. The third-order valence-corrected chi connectivity index (χ3v) is 3.50. The summed E-state index contributed by atoms with van der Waals surface area (Å²) in [6.45, 7) is 3.12. The number of carbonyl (C=O) groups excluding carboxylic acids is 2. The number of likely N-dealkylation sites (tertiary alicyclic amines) is 1. The van der Waals surface area contributed by atoms with Crippen LogP contribution in [0.4, 0.5) is 0 Å². The van der Waals surface area contributed by atoms with E-state index in [0.29, 0.717) is 25.9 Å². The lowest BCUT2D eigenvalue weighted by Gasteiger charge is -2.20. The van der Waals surface area contributed by atoms with Crippen molar-refractivity contribution >= 4 is 17.8 Å². The Bertz CT molecular complexity index is 357. The van der Waals surface area contributed by atoms with Crippen LogP contribution in [0.1, 0.15) is 45.4 Å². The lowest BCUT2D eigenvalue weighted by atomic mass is 10.1. The van der Waals surface area contributed by atoms with Crippen molar-refractivity contribution in [2.75, 3.05) is 19.6 Å². The van der Waals surface area contributed by atoms with Gasteiger partial charge in [0.25, 0.3) is 0 Å². The second kappa shape index (κ2) is 8.55. The quantitative estimate of drug-likeness (QED) is 0.730. The van der Waals surface area contributed by atoms with Gasteiger partial charge in [0.05, 0.1) is 6.54 Å². The Morgan fingerprint density at radius 1 is 1.35 bits per heavy atom. The smallest absolute Gasteiger partial charge is 0.303 e. The first-order chi connectivity index (χ1) is 9.49. The SMILES string of the molecule is CC(CCC(=O)O)CNC(=O)CN1CCCCCC1=O. The van der Waals surface area contributed by atoms with E-state index in [9.17, 15) is 14.4 Å². The lowest BCUT2D eigenvalue weighted by molar-refractivity contribution is -0.137. The van der Waals surface area contributed by atoms with Crippen LogP contribution in [-0.4, -0.2) is 47.4 Å². The molecule has 1 atom stereocenters. The molecule has 0 spiro atoms. The molecule has 1 rings (SSSR count). The van der Waals surface area contributed by atoms with Gasteiger partial charge in [-0.15, -0.1) is 0 Å². The summed E-state index contributed by atoms with van der Waals surface area (Å²) >= 11 is 0. The average Bonchev–Trinajstić information content (AvgIpc) is 2.59. The first kappa shape index (κ1) is 16.5. The van der Waals surface area contributed by atoms with Crippen LogP contribution < -0.4 is 5.32 Å². The van der Waals surface area contributed by atoms with Crippen LogP contribution in [0.3, 0.4) is 0 Å². The van der Waals surface area contributed by atoms with Crippen molar-refractivity contribution < 1.29 is 19.5 Å². The molecule has 0 saturated carbocycles. The van der Waals surface area contributed by atoms with E-state index in [1.165, 1.54) is 0 Å². The Morgan fingerprint density at radius 3 is 2.80 bits per heavy atom. The van der Waals surface area contributed by atoms with Crippen molar-refractivity contribution in [3.8, 4) is 0 Å². The van der Waals surface area contributed by atoms with Gasteiger partial charge in [-0.05, 0) is 25.2 Å². The molecule has 20 heavy (non-hydrogen) atoms. The molecule has 1 fully saturated rings. The zero-order valence-electron chi connectivity index (χ0n) is 12.1. The molecule has 6 heteroatoms. The Balaban J connectivity index is 2.25. The van der Waals surface area contributed by atoms with Gasteiger partial charge in [0.15, 0.2) is 0 Å². The van der Waals surface area contributed by atoms with Crippen LogP contribution in [-0.2, 0) is 14.4 Å². The number of hydrogen-bond acceptors (Lipinski definition) is 3. The predicted octanol–water partition coefficient (Wildman–Crippen LogP) is 1.01. The highest BCUT2D eigenvalue weighted by atomic mass is 16.4. The van der Waals surface area contributed by atoms with Crippen molar-refractivity contribution in [3.63, 3.8) is 0 Å². The highest BCUT2D eigenvalue weighted by Gasteiger charge is 2.19. The van der Waals surface area contributed by atoms with E-state index < -0.39 is 5.97 Å². The summed E-state index contributed by atoms with van der Waals surface area (Å²) < 4.78 is 0. The fourth-order valence-corrected chi connectivity index (χ4v) is 2.19. The summed E-state index contributed by atoms with van der Waals surface area (Å²) in [4.78, 5) is 35.6. The van der Waals surface area contributed by atoms with Gasteiger partial charge in [-0.2, -0.15) is 0 Å². The molecule has 1 unspecified atom stereocenters. The molecule has 1 aliphatic rings. The Morgan fingerprint density at radius 2 is 2.10 bits per heavy atom. The number of nitrogens with one attached hydrogen (secondary N) is 1. The fraction of sp³-hybridized carbons (Fsp3) is 0.786. The third kappa shape index (κ3) is 6.54. The molecule has 1 heterocycles. The number of rotatable bonds is 7. The number of amides is 2. The maximum absolute atomic E-state index is 11.8. The zero-order chi connectivity index (χ0) is 15.0. The molecule has 1 aliphatic heterocycles. The van der Waals surface area contributed by atoms with Crippen LogP contribution in [0.5, 0.6) is 0 Å². The molecule has 0 aromatic rings. The van der Waals surface area contributed by atoms with Crippen LogP contribution in [0.15, 0.2) is 0 Å². The summed E-state index contributed by atoms with van der Waals surface area (Å²) in [5.41, 5.74) is 0. The minimum absolute atomic E-state index is 0.0524. The van der Waals surface area contributed by atoms with Gasteiger partial charge in [-0.25, -0.2) is 0 Å². The van der Waals surface area contributed by atoms with E-state index >= 15 is 0 Å². The number of hydrogen-bond donors (Lipinski definition) is 2. The topological polar surface area (TPSA) is 86.7 Å². The summed E-state index contributed by atoms with van der Waals surface area (Å²) in [7, 11) is 0. The molecule has 0 bridgehead atoms. The first-order valence-electron chi connectivity index (χ1n) is 7.25. The molecule has 0 aromatic carbocycles. The van der Waals surface area contributed by atoms with Crippen LogP contribution in [0, 0.1) is 5.92 Å². The van der Waals surface area contributed by atoms with Crippen molar-refractivity contribution in [3.05, 3.63) is 0 Å². The highest BCUT2D eigenvalue weighted by Crippen LogP contribution is 2.10. The number of carboxylic acids is 1. The van der Waals surface area contributed by atoms with Crippen molar-refractivity contribution in [1.82, 2.24) is 10.2 Å². The van der Waals surface area contributed by atoms with E-state index in [1.54, 1.807) is 4.90 Å². The van der Waals surface area contributed by atoms with E-state index in [1.807, 2.05) is 6.92 Å². The Labute approximate surface area is 119 Å². The van der Waals surface area contributed by atoms with E-state index in [-0.39, 0.29) is 30.7 Å². The molecule has 1 saturated heterocycles. The van der Waals surface area contributed by atoms with Gasteiger partial charge < -0.3 is 15.3 Å². The van der Waals surface area contributed by atoms with Gasteiger partial charge in [-0.1, -0.05) is 13.3 Å². The second-order valence-corrected chi connectivity index (χ2v) is 5.47. The van der Waals surface area contributed by atoms with Crippen LogP contribution >= 0.6 is 0 Å². The van der Waals surface area contributed by atoms with Crippen LogP contribution in [0.25, 0.3) is 0 Å². The van der Waals surface area contributed by atoms with Crippen molar-refractivity contribution in [1.29, 1.82) is 0 Å². The minimum atomic E-state index is -0.821. The van der Waals surface area contributed by atoms with Gasteiger partial charge in [-0.3, -0.25) is 14.4 Å². The number of nitrogens with zero attached hydrogens (tertiary/aromatic N) is 1. The van der Waals surface area contributed by atoms with Gasteiger partial charge in [0, 0.05) is 25.9 Å². The lowest BCUT2D eigenvalue weighted by Crippen LogP contribution is -2.41. The van der Waals surface area contributed by atoms with E-state index in [4.69, 9.17) is 5.11 Å². The summed E-state index contributed by atoms with van der Waals surface area (Å²) in [6, 6.07) is 0. The molecule has 6 nitrogen and oxygen atoms in total. The molecular formula is C14H24N2O4. The minimum Gasteiger partial charge on any atom is -0.481 e. The third-order valence-electron chi connectivity index (χ3n) is 3.50. The monoisotopic (exact) mass is 284 g/mol. The fourth-order valence-electron chi connectivity index (χ4n) is 2.19. The van der Waals surface area contributed by atoms with E-state index in [2.05, 4.69) is 5.32 Å². The van der Waals surface area contributed by atoms with Crippen molar-refractivity contribution in [2.45, 2.75) is 45.4 Å². The maximum atomic E-state index is 11.8. The molecule has 2 N–H and O–H groups in total. The molecule has 2 amide bonds. The molecular weight excluding hydrogens is 260 g/mol. The number of aliphatic carboxylic acids is 1. The predicted molar refractivity (Wildman–Crippen MR) is 74.1 cm³/mol. The molecule has 0 aromatic heterocycles. The van der Waals surface area contributed by atoms with Gasteiger partial charge >= 0.3 is 5.97 Å². The second-order valence-electron chi connectivity index (χ2n) is 5.47. The molecule has 114 valence electrons. The maximum Gasteiger partial charge on any atom is 0.303 e.